The Labute approximate surface area is 166 Å². The lowest BCUT2D eigenvalue weighted by atomic mass is 10.0. The molecule has 1 unspecified atom stereocenters. The van der Waals surface area contributed by atoms with Crippen LogP contribution in [0.3, 0.4) is 0 Å². The van der Waals surface area contributed by atoms with Gasteiger partial charge in [-0.05, 0) is 58.4 Å². The highest BCUT2D eigenvalue weighted by Gasteiger charge is 2.23. The number of hydrogen-bond donors (Lipinski definition) is 1. The van der Waals surface area contributed by atoms with Crippen molar-refractivity contribution in [3.05, 3.63) is 101 Å². The Balaban J connectivity index is 1.50. The standard InChI is InChI=1S/C26H24O2/c1-28-25-15-9-20(10-16-25)18-24-14-13-23(26(24)27)17-19-7-11-22(12-8-19)21-5-3-2-4-6-21/h2-12,15-18,26-27H,13-14H2,1H3/b23-17-,24-18-. The molecule has 4 rings (SSSR count). The van der Waals surface area contributed by atoms with E-state index in [1.165, 1.54) is 11.1 Å². The van der Waals surface area contributed by atoms with Crippen LogP contribution >= 0.6 is 0 Å². The fraction of sp³-hybridized carbons (Fsp3) is 0.154. The first-order valence-electron chi connectivity index (χ1n) is 9.61. The van der Waals surface area contributed by atoms with Crippen LogP contribution in [0.4, 0.5) is 0 Å². The van der Waals surface area contributed by atoms with Gasteiger partial charge in [-0.2, -0.15) is 0 Å². The van der Waals surface area contributed by atoms with Crippen LogP contribution in [0.1, 0.15) is 24.0 Å². The monoisotopic (exact) mass is 368 g/mol. The van der Waals surface area contributed by atoms with Gasteiger partial charge >= 0.3 is 0 Å². The Kier molecular flexibility index (Phi) is 5.41. The zero-order valence-electron chi connectivity index (χ0n) is 16.0. The maximum atomic E-state index is 10.7. The fourth-order valence-electron chi connectivity index (χ4n) is 3.63. The molecule has 0 spiro atoms. The third-order valence-corrected chi connectivity index (χ3v) is 5.24. The molecule has 0 heterocycles. The number of rotatable bonds is 4. The second-order valence-electron chi connectivity index (χ2n) is 7.10. The molecular weight excluding hydrogens is 344 g/mol. The minimum Gasteiger partial charge on any atom is -0.497 e. The van der Waals surface area contributed by atoms with E-state index in [9.17, 15) is 5.11 Å². The molecule has 0 radical (unpaired) electrons. The van der Waals surface area contributed by atoms with Crippen molar-refractivity contribution < 1.29 is 9.84 Å². The summed E-state index contributed by atoms with van der Waals surface area (Å²) in [5.74, 6) is 0.841. The summed E-state index contributed by atoms with van der Waals surface area (Å²) in [6, 6.07) is 26.8. The summed E-state index contributed by atoms with van der Waals surface area (Å²) >= 11 is 0. The van der Waals surface area contributed by atoms with Crippen LogP contribution in [0.25, 0.3) is 23.3 Å². The van der Waals surface area contributed by atoms with Gasteiger partial charge in [-0.15, -0.1) is 0 Å². The van der Waals surface area contributed by atoms with Gasteiger partial charge < -0.3 is 9.84 Å². The quantitative estimate of drug-likeness (QED) is 0.613. The van der Waals surface area contributed by atoms with E-state index in [1.54, 1.807) is 7.11 Å². The van der Waals surface area contributed by atoms with Crippen molar-refractivity contribution in [3.8, 4) is 16.9 Å². The normalized spacial score (nSPS) is 19.3. The van der Waals surface area contributed by atoms with Gasteiger partial charge in [0.1, 0.15) is 5.75 Å². The number of ether oxygens (including phenoxy) is 1. The summed E-state index contributed by atoms with van der Waals surface area (Å²) in [5, 5.41) is 10.7. The van der Waals surface area contributed by atoms with Gasteiger partial charge in [-0.3, -0.25) is 0 Å². The van der Waals surface area contributed by atoms with Gasteiger partial charge in [0.05, 0.1) is 13.2 Å². The van der Waals surface area contributed by atoms with E-state index in [0.717, 1.165) is 40.9 Å². The second kappa shape index (κ2) is 8.28. The molecule has 2 heteroatoms. The fourth-order valence-corrected chi connectivity index (χ4v) is 3.63. The van der Waals surface area contributed by atoms with Crippen molar-refractivity contribution >= 4 is 12.2 Å². The van der Waals surface area contributed by atoms with Gasteiger partial charge in [0.15, 0.2) is 0 Å². The first kappa shape index (κ1) is 18.3. The van der Waals surface area contributed by atoms with Crippen LogP contribution in [0.15, 0.2) is 90.0 Å². The van der Waals surface area contributed by atoms with Crippen molar-refractivity contribution in [1.29, 1.82) is 0 Å². The average molecular weight is 368 g/mol. The third kappa shape index (κ3) is 4.08. The number of hydrogen-bond acceptors (Lipinski definition) is 2. The highest BCUT2D eigenvalue weighted by atomic mass is 16.5. The molecule has 0 amide bonds. The Bertz CT molecular complexity index is 981. The zero-order chi connectivity index (χ0) is 19.3. The summed E-state index contributed by atoms with van der Waals surface area (Å²) in [5.41, 5.74) is 6.77. The topological polar surface area (TPSA) is 29.5 Å². The van der Waals surface area contributed by atoms with Gasteiger partial charge in [-0.25, -0.2) is 0 Å². The van der Waals surface area contributed by atoms with E-state index in [4.69, 9.17) is 4.74 Å². The first-order valence-corrected chi connectivity index (χ1v) is 9.61. The SMILES string of the molecule is COc1ccc(/C=C2/CC/C(=C/c3ccc(-c4ccccc4)cc3)C2O)cc1. The summed E-state index contributed by atoms with van der Waals surface area (Å²) in [6.07, 6.45) is 5.48. The van der Waals surface area contributed by atoms with Crippen molar-refractivity contribution in [3.63, 3.8) is 0 Å². The third-order valence-electron chi connectivity index (χ3n) is 5.24. The molecule has 1 saturated carbocycles. The molecule has 28 heavy (non-hydrogen) atoms. The summed E-state index contributed by atoms with van der Waals surface area (Å²) < 4.78 is 5.20. The van der Waals surface area contributed by atoms with E-state index < -0.39 is 6.10 Å². The maximum absolute atomic E-state index is 10.7. The van der Waals surface area contributed by atoms with Crippen LogP contribution in [0.5, 0.6) is 5.75 Å². The molecule has 3 aromatic rings. The number of benzene rings is 3. The number of aliphatic hydroxyl groups excluding tert-OH is 1. The number of aliphatic hydroxyl groups is 1. The molecule has 3 aromatic carbocycles. The van der Waals surface area contributed by atoms with Gasteiger partial charge in [0.25, 0.3) is 0 Å². The van der Waals surface area contributed by atoms with Gasteiger partial charge in [-0.1, -0.05) is 78.9 Å². The Morgan fingerprint density at radius 2 is 1.21 bits per heavy atom. The van der Waals surface area contributed by atoms with Crippen LogP contribution < -0.4 is 4.74 Å². The molecule has 0 aliphatic heterocycles. The lowest BCUT2D eigenvalue weighted by molar-refractivity contribution is 0.257. The van der Waals surface area contributed by atoms with Crippen LogP contribution in [0, 0.1) is 0 Å². The van der Waals surface area contributed by atoms with Crippen molar-refractivity contribution in [2.24, 2.45) is 0 Å². The summed E-state index contributed by atoms with van der Waals surface area (Å²) in [4.78, 5) is 0. The van der Waals surface area contributed by atoms with Crippen molar-refractivity contribution in [1.82, 2.24) is 0 Å². The van der Waals surface area contributed by atoms with E-state index >= 15 is 0 Å². The molecule has 0 saturated heterocycles. The minimum atomic E-state index is -0.504. The molecule has 1 aliphatic rings. The second-order valence-corrected chi connectivity index (χ2v) is 7.10. The molecule has 0 bridgehead atoms. The van der Waals surface area contributed by atoms with E-state index in [-0.39, 0.29) is 0 Å². The Morgan fingerprint density at radius 3 is 1.75 bits per heavy atom. The highest BCUT2D eigenvalue weighted by Crippen LogP contribution is 2.33. The van der Waals surface area contributed by atoms with E-state index in [2.05, 4.69) is 60.7 Å². The van der Waals surface area contributed by atoms with E-state index in [0.29, 0.717) is 0 Å². The summed E-state index contributed by atoms with van der Waals surface area (Å²) in [7, 11) is 1.66. The van der Waals surface area contributed by atoms with Crippen LogP contribution in [0.2, 0.25) is 0 Å². The smallest absolute Gasteiger partial charge is 0.118 e. The van der Waals surface area contributed by atoms with E-state index in [1.807, 2.05) is 30.3 Å². The van der Waals surface area contributed by atoms with Crippen molar-refractivity contribution in [2.45, 2.75) is 18.9 Å². The van der Waals surface area contributed by atoms with Gasteiger partial charge in [0, 0.05) is 0 Å². The minimum absolute atomic E-state index is 0.504. The Morgan fingerprint density at radius 1 is 0.714 bits per heavy atom. The first-order chi connectivity index (χ1) is 13.7. The zero-order valence-corrected chi connectivity index (χ0v) is 16.0. The van der Waals surface area contributed by atoms with Gasteiger partial charge in [0.2, 0.25) is 0 Å². The molecule has 0 aromatic heterocycles. The maximum Gasteiger partial charge on any atom is 0.118 e. The lowest BCUT2D eigenvalue weighted by Gasteiger charge is -2.08. The molecule has 1 fully saturated rings. The van der Waals surface area contributed by atoms with Crippen LogP contribution in [-0.2, 0) is 0 Å². The molecule has 1 N–H and O–H groups in total. The molecular formula is C26H24O2. The molecule has 140 valence electrons. The summed E-state index contributed by atoms with van der Waals surface area (Å²) in [6.45, 7) is 0. The predicted octanol–water partition coefficient (Wildman–Crippen LogP) is 5.98. The Hall–Kier alpha value is -3.10. The lowest BCUT2D eigenvalue weighted by Crippen LogP contribution is -2.04. The molecule has 1 atom stereocenters. The van der Waals surface area contributed by atoms with Crippen molar-refractivity contribution in [2.75, 3.05) is 7.11 Å². The predicted molar refractivity (Wildman–Crippen MR) is 116 cm³/mol. The highest BCUT2D eigenvalue weighted by molar-refractivity contribution is 5.67. The van der Waals surface area contributed by atoms with Crippen LogP contribution in [-0.4, -0.2) is 18.3 Å². The molecule has 1 aliphatic carbocycles. The largest absolute Gasteiger partial charge is 0.497 e. The molecule has 2 nitrogen and oxygen atoms in total. The average Bonchev–Trinajstić information content (AvgIpc) is 3.09. The number of methoxy groups -OCH3 is 1.